The first-order chi connectivity index (χ1) is 9.99. The summed E-state index contributed by atoms with van der Waals surface area (Å²) in [4.78, 5) is 21.1. The smallest absolute Gasteiger partial charge is 0.338 e. The molecule has 21 heavy (non-hydrogen) atoms. The fraction of sp³-hybridized carbons (Fsp3) is 0.357. The van der Waals surface area contributed by atoms with E-state index in [4.69, 9.17) is 5.11 Å². The largest absolute Gasteiger partial charge is 0.478 e. The molecule has 0 radical (unpaired) electrons. The van der Waals surface area contributed by atoms with Gasteiger partial charge < -0.3 is 10.4 Å². The zero-order chi connectivity index (χ0) is 15.4. The van der Waals surface area contributed by atoms with E-state index in [1.807, 2.05) is 0 Å². The molecule has 2 N–H and O–H groups in total. The standard InChI is InChI=1S/C14H15FN2O4/c15-11-7-12(16-8-9-4-2-1-3-5-9)13(17(20)21)6-10(11)14(18)19/h1-2,6-7,9,16H,3-5,8H2,(H,18,19). The zero-order valence-electron chi connectivity index (χ0n) is 11.2. The Morgan fingerprint density at radius 3 is 2.81 bits per heavy atom. The molecule has 7 heteroatoms. The third kappa shape index (κ3) is 3.56. The highest BCUT2D eigenvalue weighted by atomic mass is 19.1. The molecule has 0 saturated heterocycles. The highest BCUT2D eigenvalue weighted by Crippen LogP contribution is 2.29. The first-order valence-electron chi connectivity index (χ1n) is 6.59. The van der Waals surface area contributed by atoms with Gasteiger partial charge in [-0.3, -0.25) is 10.1 Å². The Bertz CT molecular complexity index is 601. The van der Waals surface area contributed by atoms with Crippen LogP contribution in [-0.2, 0) is 0 Å². The number of hydrogen-bond donors (Lipinski definition) is 2. The summed E-state index contributed by atoms with van der Waals surface area (Å²) in [6.07, 6.45) is 6.93. The Hall–Kier alpha value is -2.44. The molecule has 0 bridgehead atoms. The van der Waals surface area contributed by atoms with E-state index in [9.17, 15) is 19.3 Å². The average Bonchev–Trinajstić information content (AvgIpc) is 2.45. The van der Waals surface area contributed by atoms with E-state index < -0.39 is 28.0 Å². The summed E-state index contributed by atoms with van der Waals surface area (Å²) in [7, 11) is 0. The molecule has 2 rings (SSSR count). The molecule has 0 aromatic heterocycles. The van der Waals surface area contributed by atoms with E-state index in [-0.39, 0.29) is 5.69 Å². The Balaban J connectivity index is 2.21. The Labute approximate surface area is 120 Å². The van der Waals surface area contributed by atoms with E-state index in [1.165, 1.54) is 0 Å². The van der Waals surface area contributed by atoms with Gasteiger partial charge in [-0.25, -0.2) is 9.18 Å². The van der Waals surface area contributed by atoms with Gasteiger partial charge in [0.1, 0.15) is 17.1 Å². The zero-order valence-corrected chi connectivity index (χ0v) is 11.2. The summed E-state index contributed by atoms with van der Waals surface area (Å²) in [5, 5.41) is 22.7. The minimum absolute atomic E-state index is 0.0112. The van der Waals surface area contributed by atoms with Crippen molar-refractivity contribution in [2.24, 2.45) is 5.92 Å². The predicted molar refractivity (Wildman–Crippen MR) is 75.0 cm³/mol. The number of nitro benzene ring substituents is 1. The fourth-order valence-electron chi connectivity index (χ4n) is 2.31. The molecule has 0 heterocycles. The van der Waals surface area contributed by atoms with Gasteiger partial charge in [0.05, 0.1) is 4.92 Å². The van der Waals surface area contributed by atoms with E-state index in [0.717, 1.165) is 31.4 Å². The van der Waals surface area contributed by atoms with Crippen LogP contribution in [-0.4, -0.2) is 22.5 Å². The Morgan fingerprint density at radius 2 is 2.24 bits per heavy atom. The SMILES string of the molecule is O=C(O)c1cc([N+](=O)[O-])c(NCC2CC=CCC2)cc1F. The maximum absolute atomic E-state index is 13.7. The number of benzene rings is 1. The van der Waals surface area contributed by atoms with Gasteiger partial charge in [-0.05, 0) is 25.2 Å². The van der Waals surface area contributed by atoms with Crippen LogP contribution in [0.1, 0.15) is 29.6 Å². The van der Waals surface area contributed by atoms with E-state index in [0.29, 0.717) is 12.5 Å². The van der Waals surface area contributed by atoms with Gasteiger partial charge in [0.15, 0.2) is 0 Å². The molecule has 112 valence electrons. The quantitative estimate of drug-likeness (QED) is 0.494. The van der Waals surface area contributed by atoms with Gasteiger partial charge in [0.2, 0.25) is 0 Å². The second-order valence-electron chi connectivity index (χ2n) is 4.94. The van der Waals surface area contributed by atoms with Gasteiger partial charge >= 0.3 is 5.97 Å². The number of halogens is 1. The number of nitrogens with one attached hydrogen (secondary N) is 1. The Kier molecular flexibility index (Phi) is 4.52. The van der Waals surface area contributed by atoms with Crippen LogP contribution >= 0.6 is 0 Å². The van der Waals surface area contributed by atoms with Crippen LogP contribution in [0.5, 0.6) is 0 Å². The molecule has 1 aliphatic carbocycles. The maximum atomic E-state index is 13.7. The molecule has 1 unspecified atom stereocenters. The Morgan fingerprint density at radius 1 is 1.48 bits per heavy atom. The minimum Gasteiger partial charge on any atom is -0.478 e. The number of carbonyl (C=O) groups is 1. The number of carboxylic acids is 1. The number of carboxylic acid groups (broad SMARTS) is 1. The van der Waals surface area contributed by atoms with Crippen molar-refractivity contribution in [3.63, 3.8) is 0 Å². The molecular formula is C14H15FN2O4. The molecule has 1 aromatic carbocycles. The first-order valence-corrected chi connectivity index (χ1v) is 6.59. The number of allylic oxidation sites excluding steroid dienone is 2. The summed E-state index contributed by atoms with van der Waals surface area (Å²) in [6.45, 7) is 0.483. The van der Waals surface area contributed by atoms with Crippen LogP contribution in [0.4, 0.5) is 15.8 Å². The first kappa shape index (κ1) is 15.0. The van der Waals surface area contributed by atoms with Crippen molar-refractivity contribution in [1.82, 2.24) is 0 Å². The number of aromatic carboxylic acids is 1. The fourth-order valence-corrected chi connectivity index (χ4v) is 2.31. The highest BCUT2D eigenvalue weighted by molar-refractivity contribution is 5.90. The van der Waals surface area contributed by atoms with Crippen molar-refractivity contribution in [2.75, 3.05) is 11.9 Å². The van der Waals surface area contributed by atoms with Crippen molar-refractivity contribution < 1.29 is 19.2 Å². The monoisotopic (exact) mass is 294 g/mol. The van der Waals surface area contributed by atoms with Crippen molar-refractivity contribution in [1.29, 1.82) is 0 Å². The second kappa shape index (κ2) is 6.34. The van der Waals surface area contributed by atoms with Crippen LogP contribution in [0, 0.1) is 21.8 Å². The van der Waals surface area contributed by atoms with Crippen LogP contribution in [0.25, 0.3) is 0 Å². The number of nitrogens with zero attached hydrogens (tertiary/aromatic N) is 1. The van der Waals surface area contributed by atoms with Gasteiger partial charge in [-0.1, -0.05) is 12.2 Å². The summed E-state index contributed by atoms with van der Waals surface area (Å²) in [6, 6.07) is 1.63. The van der Waals surface area contributed by atoms with Gasteiger partial charge in [0, 0.05) is 18.7 Å². The predicted octanol–water partition coefficient (Wildman–Crippen LogP) is 3.20. The van der Waals surface area contributed by atoms with E-state index >= 15 is 0 Å². The lowest BCUT2D eigenvalue weighted by molar-refractivity contribution is -0.384. The number of rotatable bonds is 5. The molecule has 0 saturated carbocycles. The lowest BCUT2D eigenvalue weighted by Crippen LogP contribution is -2.16. The average molecular weight is 294 g/mol. The van der Waals surface area contributed by atoms with Gasteiger partial charge in [-0.2, -0.15) is 0 Å². The topological polar surface area (TPSA) is 92.5 Å². The lowest BCUT2D eigenvalue weighted by atomic mass is 9.94. The second-order valence-corrected chi connectivity index (χ2v) is 4.94. The van der Waals surface area contributed by atoms with Crippen molar-refractivity contribution >= 4 is 17.3 Å². The normalized spacial score (nSPS) is 17.5. The number of nitro groups is 1. The molecule has 0 spiro atoms. The molecule has 0 aliphatic heterocycles. The summed E-state index contributed by atoms with van der Waals surface area (Å²) >= 11 is 0. The maximum Gasteiger partial charge on any atom is 0.338 e. The van der Waals surface area contributed by atoms with Crippen LogP contribution in [0.3, 0.4) is 0 Å². The minimum atomic E-state index is -1.53. The van der Waals surface area contributed by atoms with Crippen molar-refractivity contribution in [2.45, 2.75) is 19.3 Å². The molecule has 6 nitrogen and oxygen atoms in total. The van der Waals surface area contributed by atoms with Crippen LogP contribution < -0.4 is 5.32 Å². The van der Waals surface area contributed by atoms with Crippen LogP contribution in [0.15, 0.2) is 24.3 Å². The lowest BCUT2D eigenvalue weighted by Gasteiger charge is -2.18. The molecule has 0 fully saturated rings. The number of anilines is 1. The number of hydrogen-bond acceptors (Lipinski definition) is 4. The van der Waals surface area contributed by atoms with E-state index in [1.54, 1.807) is 0 Å². The van der Waals surface area contributed by atoms with Crippen LogP contribution in [0.2, 0.25) is 0 Å². The molecule has 1 atom stereocenters. The third-order valence-corrected chi connectivity index (χ3v) is 3.47. The van der Waals surface area contributed by atoms with Gasteiger partial charge in [-0.15, -0.1) is 0 Å². The van der Waals surface area contributed by atoms with E-state index in [2.05, 4.69) is 17.5 Å². The third-order valence-electron chi connectivity index (χ3n) is 3.47. The molecular weight excluding hydrogens is 279 g/mol. The highest BCUT2D eigenvalue weighted by Gasteiger charge is 2.22. The molecule has 1 aliphatic rings. The summed E-state index contributed by atoms with van der Waals surface area (Å²) in [5.74, 6) is -2.18. The van der Waals surface area contributed by atoms with Crippen molar-refractivity contribution in [3.8, 4) is 0 Å². The molecule has 0 amide bonds. The summed E-state index contributed by atoms with van der Waals surface area (Å²) in [5.41, 5.74) is -1.12. The van der Waals surface area contributed by atoms with Crippen molar-refractivity contribution in [3.05, 3.63) is 45.8 Å². The van der Waals surface area contributed by atoms with Gasteiger partial charge in [0.25, 0.3) is 5.69 Å². The summed E-state index contributed by atoms with van der Waals surface area (Å²) < 4.78 is 13.7. The molecule has 1 aromatic rings.